The van der Waals surface area contributed by atoms with Crippen molar-refractivity contribution in [2.75, 3.05) is 11.9 Å². The lowest BCUT2D eigenvalue weighted by Gasteiger charge is -2.27. The third-order valence-electron chi connectivity index (χ3n) is 4.11. The average Bonchev–Trinajstić information content (AvgIpc) is 2.59. The minimum Gasteiger partial charge on any atom is -0.348 e. The summed E-state index contributed by atoms with van der Waals surface area (Å²) in [6, 6.07) is 12.8. The van der Waals surface area contributed by atoms with Gasteiger partial charge in [-0.1, -0.05) is 45.0 Å². The second kappa shape index (κ2) is 9.35. The Bertz CT molecular complexity index is 813. The molecule has 2 rings (SSSR count). The Morgan fingerprint density at radius 2 is 1.75 bits per heavy atom. The number of halogens is 1. The van der Waals surface area contributed by atoms with E-state index in [0.717, 1.165) is 11.1 Å². The fourth-order valence-corrected chi connectivity index (χ4v) is 2.86. The molecule has 150 valence electrons. The third kappa shape index (κ3) is 7.39. The van der Waals surface area contributed by atoms with Gasteiger partial charge in [-0.25, -0.2) is 9.18 Å². The molecule has 0 aliphatic heterocycles. The van der Waals surface area contributed by atoms with E-state index < -0.39 is 6.03 Å². The number of carbonyl (C=O) groups excluding carboxylic acids is 2. The van der Waals surface area contributed by atoms with Crippen LogP contribution in [-0.2, 0) is 4.79 Å². The number of urea groups is 1. The molecule has 1 unspecified atom stereocenters. The van der Waals surface area contributed by atoms with E-state index in [-0.39, 0.29) is 29.7 Å². The van der Waals surface area contributed by atoms with Crippen molar-refractivity contribution < 1.29 is 14.0 Å². The lowest BCUT2D eigenvalue weighted by atomic mass is 9.85. The van der Waals surface area contributed by atoms with E-state index in [9.17, 15) is 14.0 Å². The summed E-state index contributed by atoms with van der Waals surface area (Å²) in [6.07, 6.45) is 0.680. The van der Waals surface area contributed by atoms with Gasteiger partial charge in [-0.3, -0.25) is 4.79 Å². The van der Waals surface area contributed by atoms with Crippen LogP contribution in [0.4, 0.5) is 14.9 Å². The molecule has 0 aromatic heterocycles. The van der Waals surface area contributed by atoms with Crippen molar-refractivity contribution in [2.45, 2.75) is 40.2 Å². The number of rotatable bonds is 6. The Balaban J connectivity index is 1.93. The molecular formula is C22H28FN3O2. The molecule has 0 aliphatic carbocycles. The molecule has 2 aromatic rings. The summed E-state index contributed by atoms with van der Waals surface area (Å²) in [6.45, 7) is 8.00. The first kappa shape index (κ1) is 21.4. The van der Waals surface area contributed by atoms with Gasteiger partial charge in [-0.15, -0.1) is 0 Å². The monoisotopic (exact) mass is 385 g/mol. The van der Waals surface area contributed by atoms with Crippen LogP contribution in [0.1, 0.15) is 44.4 Å². The second-order valence-corrected chi connectivity index (χ2v) is 8.11. The topological polar surface area (TPSA) is 70.2 Å². The van der Waals surface area contributed by atoms with Gasteiger partial charge in [0, 0.05) is 5.69 Å². The number of aryl methyl sites for hydroxylation is 1. The highest BCUT2D eigenvalue weighted by Crippen LogP contribution is 2.29. The van der Waals surface area contributed by atoms with Crippen molar-refractivity contribution in [1.29, 1.82) is 0 Å². The van der Waals surface area contributed by atoms with Gasteiger partial charge >= 0.3 is 6.03 Å². The van der Waals surface area contributed by atoms with Gasteiger partial charge in [-0.2, -0.15) is 0 Å². The summed E-state index contributed by atoms with van der Waals surface area (Å²) >= 11 is 0. The molecule has 0 spiro atoms. The quantitative estimate of drug-likeness (QED) is 0.683. The van der Waals surface area contributed by atoms with Crippen molar-refractivity contribution in [1.82, 2.24) is 10.6 Å². The summed E-state index contributed by atoms with van der Waals surface area (Å²) in [5.41, 5.74) is 2.48. The first-order chi connectivity index (χ1) is 13.1. The van der Waals surface area contributed by atoms with Crippen LogP contribution >= 0.6 is 0 Å². The van der Waals surface area contributed by atoms with Crippen molar-refractivity contribution in [3.8, 4) is 0 Å². The summed E-state index contributed by atoms with van der Waals surface area (Å²) < 4.78 is 13.2. The first-order valence-electron chi connectivity index (χ1n) is 9.29. The van der Waals surface area contributed by atoms with Gasteiger partial charge in [0.1, 0.15) is 5.82 Å². The van der Waals surface area contributed by atoms with Gasteiger partial charge in [-0.05, 0) is 54.2 Å². The van der Waals surface area contributed by atoms with Crippen LogP contribution in [0.3, 0.4) is 0 Å². The van der Waals surface area contributed by atoms with Crippen LogP contribution in [0, 0.1) is 18.2 Å². The highest BCUT2D eigenvalue weighted by atomic mass is 19.1. The summed E-state index contributed by atoms with van der Waals surface area (Å²) in [5.74, 6) is -0.628. The van der Waals surface area contributed by atoms with Gasteiger partial charge in [0.15, 0.2) is 0 Å². The number of amides is 3. The molecule has 1 atom stereocenters. The molecule has 0 bridgehead atoms. The van der Waals surface area contributed by atoms with Gasteiger partial charge in [0.05, 0.1) is 12.6 Å². The van der Waals surface area contributed by atoms with Gasteiger partial charge in [0.25, 0.3) is 0 Å². The van der Waals surface area contributed by atoms with Crippen LogP contribution in [0.15, 0.2) is 48.5 Å². The van der Waals surface area contributed by atoms with E-state index >= 15 is 0 Å². The second-order valence-electron chi connectivity index (χ2n) is 8.11. The molecule has 0 saturated heterocycles. The predicted octanol–water partition coefficient (Wildman–Crippen LogP) is 4.55. The van der Waals surface area contributed by atoms with Crippen LogP contribution in [0.2, 0.25) is 0 Å². The van der Waals surface area contributed by atoms with Crippen LogP contribution in [0.5, 0.6) is 0 Å². The molecule has 3 N–H and O–H groups in total. The maximum absolute atomic E-state index is 13.2. The number of nitrogens with one attached hydrogen (secondary N) is 3. The number of carbonyl (C=O) groups is 2. The van der Waals surface area contributed by atoms with Crippen LogP contribution in [-0.4, -0.2) is 18.5 Å². The molecule has 0 fully saturated rings. The average molecular weight is 385 g/mol. The minimum atomic E-state index is -0.449. The molecule has 2 aromatic carbocycles. The van der Waals surface area contributed by atoms with Crippen molar-refractivity contribution in [2.24, 2.45) is 5.41 Å². The molecule has 3 amide bonds. The van der Waals surface area contributed by atoms with Crippen molar-refractivity contribution in [3.63, 3.8) is 0 Å². The number of anilines is 1. The van der Waals surface area contributed by atoms with Crippen LogP contribution < -0.4 is 16.0 Å². The van der Waals surface area contributed by atoms with E-state index in [1.807, 2.05) is 25.1 Å². The molecule has 0 radical (unpaired) electrons. The Labute approximate surface area is 165 Å². The van der Waals surface area contributed by atoms with Gasteiger partial charge in [0.2, 0.25) is 5.91 Å². The molecular weight excluding hydrogens is 357 g/mol. The normalized spacial score (nSPS) is 12.2. The van der Waals surface area contributed by atoms with Crippen molar-refractivity contribution >= 4 is 17.6 Å². The Morgan fingerprint density at radius 1 is 1.07 bits per heavy atom. The Hall–Kier alpha value is -2.89. The SMILES string of the molecule is Cc1cccc(NC(=O)NCC(=O)NC(CC(C)(C)C)c2ccc(F)cc2)c1. The molecule has 5 nitrogen and oxygen atoms in total. The van der Waals surface area contributed by atoms with Crippen LogP contribution in [0.25, 0.3) is 0 Å². The molecule has 28 heavy (non-hydrogen) atoms. The summed E-state index contributed by atoms with van der Waals surface area (Å²) in [5, 5.41) is 8.19. The molecule has 0 saturated carbocycles. The zero-order chi connectivity index (χ0) is 20.7. The lowest BCUT2D eigenvalue weighted by molar-refractivity contribution is -0.121. The fourth-order valence-electron chi connectivity index (χ4n) is 2.86. The largest absolute Gasteiger partial charge is 0.348 e. The summed E-state index contributed by atoms with van der Waals surface area (Å²) in [7, 11) is 0. The Kier molecular flexibility index (Phi) is 7.15. The maximum Gasteiger partial charge on any atom is 0.319 e. The molecule has 6 heteroatoms. The smallest absolute Gasteiger partial charge is 0.319 e. The summed E-state index contributed by atoms with van der Waals surface area (Å²) in [4.78, 5) is 24.4. The molecule has 0 aliphatic rings. The lowest BCUT2D eigenvalue weighted by Crippen LogP contribution is -2.41. The highest BCUT2D eigenvalue weighted by molar-refractivity contribution is 5.92. The predicted molar refractivity (Wildman–Crippen MR) is 110 cm³/mol. The number of hydrogen-bond donors (Lipinski definition) is 3. The first-order valence-corrected chi connectivity index (χ1v) is 9.29. The third-order valence-corrected chi connectivity index (χ3v) is 4.11. The zero-order valence-corrected chi connectivity index (χ0v) is 16.8. The maximum atomic E-state index is 13.2. The van der Waals surface area contributed by atoms with Crippen molar-refractivity contribution in [3.05, 3.63) is 65.5 Å². The molecule has 0 heterocycles. The number of benzene rings is 2. The highest BCUT2D eigenvalue weighted by Gasteiger charge is 2.22. The van der Waals surface area contributed by atoms with E-state index in [2.05, 4.69) is 36.7 Å². The zero-order valence-electron chi connectivity index (χ0n) is 16.8. The number of hydrogen-bond acceptors (Lipinski definition) is 2. The van der Waals surface area contributed by atoms with E-state index in [0.29, 0.717) is 12.1 Å². The van der Waals surface area contributed by atoms with Gasteiger partial charge < -0.3 is 16.0 Å². The fraction of sp³-hybridized carbons (Fsp3) is 0.364. The minimum absolute atomic E-state index is 0.0394. The van der Waals surface area contributed by atoms with E-state index in [1.54, 1.807) is 18.2 Å². The van der Waals surface area contributed by atoms with E-state index in [1.165, 1.54) is 12.1 Å². The Morgan fingerprint density at radius 3 is 2.36 bits per heavy atom. The standard InChI is InChI=1S/C22H28FN3O2/c1-15-6-5-7-18(12-15)25-21(28)24-14-20(27)26-19(13-22(2,3)4)16-8-10-17(23)11-9-16/h5-12,19H,13-14H2,1-4H3,(H,26,27)(H2,24,25,28). The van der Waals surface area contributed by atoms with E-state index in [4.69, 9.17) is 0 Å².